The maximum Gasteiger partial charge on any atom is 0.411 e. The van der Waals surface area contributed by atoms with Crippen molar-refractivity contribution in [1.82, 2.24) is 9.80 Å². The number of amides is 1. The minimum Gasteiger partial charge on any atom is -0.493 e. The van der Waals surface area contributed by atoms with Gasteiger partial charge in [0.1, 0.15) is 6.10 Å². The first-order valence-corrected chi connectivity index (χ1v) is 13.3. The van der Waals surface area contributed by atoms with Crippen LogP contribution < -0.4 is 14.8 Å². The van der Waals surface area contributed by atoms with Crippen LogP contribution in [0.4, 0.5) is 10.5 Å². The number of rotatable bonds is 11. The lowest BCUT2D eigenvalue weighted by atomic mass is 10.0. The average molecular weight is 518 g/mol. The topological polar surface area (TPSA) is 63.3 Å². The van der Waals surface area contributed by atoms with E-state index in [0.29, 0.717) is 0 Å². The number of nitrogens with one attached hydrogen (secondary N) is 1. The fourth-order valence-electron chi connectivity index (χ4n) is 4.78. The molecule has 38 heavy (non-hydrogen) atoms. The second-order valence-corrected chi connectivity index (χ2v) is 9.73. The van der Waals surface area contributed by atoms with Crippen LogP contribution >= 0.6 is 0 Å². The molecule has 1 fully saturated rings. The van der Waals surface area contributed by atoms with Gasteiger partial charge in [-0.2, -0.15) is 0 Å². The van der Waals surface area contributed by atoms with Gasteiger partial charge in [0.15, 0.2) is 11.5 Å². The molecule has 0 spiro atoms. The van der Waals surface area contributed by atoms with Crippen LogP contribution in [0.15, 0.2) is 72.8 Å². The van der Waals surface area contributed by atoms with Gasteiger partial charge >= 0.3 is 6.09 Å². The molecular formula is C31H39N3O4. The van der Waals surface area contributed by atoms with E-state index in [0.717, 1.165) is 80.3 Å². The van der Waals surface area contributed by atoms with Gasteiger partial charge in [0, 0.05) is 38.3 Å². The number of methoxy groups -OCH3 is 2. The number of likely N-dealkylation sites (N-methyl/N-ethyl adjacent to an activating group) is 1. The van der Waals surface area contributed by atoms with Gasteiger partial charge in [0.2, 0.25) is 0 Å². The van der Waals surface area contributed by atoms with Crippen molar-refractivity contribution < 1.29 is 19.0 Å². The zero-order valence-electron chi connectivity index (χ0n) is 22.7. The molecule has 202 valence electrons. The summed E-state index contributed by atoms with van der Waals surface area (Å²) in [4.78, 5) is 17.5. The Bertz CT molecular complexity index is 1160. The molecule has 3 aromatic rings. The minimum absolute atomic E-state index is 0.0575. The molecule has 0 radical (unpaired) electrons. The fraction of sp³-hybridized carbons (Fsp3) is 0.387. The zero-order valence-corrected chi connectivity index (χ0v) is 22.7. The molecule has 7 heteroatoms. The quantitative estimate of drug-likeness (QED) is 0.359. The second-order valence-electron chi connectivity index (χ2n) is 9.73. The van der Waals surface area contributed by atoms with Gasteiger partial charge in [-0.25, -0.2) is 4.79 Å². The second kappa shape index (κ2) is 13.8. The Hall–Kier alpha value is -3.55. The van der Waals surface area contributed by atoms with Crippen molar-refractivity contribution in [2.24, 2.45) is 0 Å². The summed E-state index contributed by atoms with van der Waals surface area (Å²) in [5.41, 5.74) is 4.04. The Morgan fingerprint density at radius 3 is 2.37 bits per heavy atom. The molecule has 1 heterocycles. The van der Waals surface area contributed by atoms with E-state index < -0.39 is 0 Å². The summed E-state index contributed by atoms with van der Waals surface area (Å²) in [7, 11) is 5.48. The van der Waals surface area contributed by atoms with Crippen molar-refractivity contribution in [2.75, 3.05) is 59.3 Å². The number of ether oxygens (including phenoxy) is 3. The van der Waals surface area contributed by atoms with Crippen molar-refractivity contribution in [1.29, 1.82) is 0 Å². The fourth-order valence-corrected chi connectivity index (χ4v) is 4.78. The van der Waals surface area contributed by atoms with Gasteiger partial charge in [-0.3, -0.25) is 5.32 Å². The van der Waals surface area contributed by atoms with Gasteiger partial charge in [-0.1, -0.05) is 54.6 Å². The van der Waals surface area contributed by atoms with Crippen LogP contribution in [-0.2, 0) is 11.2 Å². The number of hydrogen-bond donors (Lipinski definition) is 1. The van der Waals surface area contributed by atoms with E-state index in [1.807, 2.05) is 66.7 Å². The highest BCUT2D eigenvalue weighted by Crippen LogP contribution is 2.29. The van der Waals surface area contributed by atoms with Crippen LogP contribution in [0, 0.1) is 0 Å². The van der Waals surface area contributed by atoms with E-state index in [1.165, 1.54) is 5.56 Å². The Morgan fingerprint density at radius 1 is 0.921 bits per heavy atom. The first-order chi connectivity index (χ1) is 18.6. The van der Waals surface area contributed by atoms with E-state index in [2.05, 4.69) is 28.2 Å². The molecule has 0 aliphatic carbocycles. The third kappa shape index (κ3) is 7.73. The van der Waals surface area contributed by atoms with Crippen molar-refractivity contribution in [3.05, 3.63) is 78.4 Å². The summed E-state index contributed by atoms with van der Waals surface area (Å²) < 4.78 is 16.5. The number of para-hydroxylation sites is 1. The molecular weight excluding hydrogens is 478 g/mol. The van der Waals surface area contributed by atoms with Crippen molar-refractivity contribution in [3.8, 4) is 22.6 Å². The molecule has 0 unspecified atom stereocenters. The third-order valence-corrected chi connectivity index (χ3v) is 7.08. The predicted octanol–water partition coefficient (Wildman–Crippen LogP) is 5.56. The van der Waals surface area contributed by atoms with Crippen LogP contribution in [0.5, 0.6) is 11.5 Å². The number of nitrogens with zero attached hydrogens (tertiary/aromatic N) is 2. The molecule has 3 aromatic carbocycles. The van der Waals surface area contributed by atoms with E-state index in [4.69, 9.17) is 14.2 Å². The Balaban J connectivity index is 1.16. The third-order valence-electron chi connectivity index (χ3n) is 7.08. The molecule has 0 saturated carbocycles. The number of anilines is 1. The molecule has 0 aromatic heterocycles. The Kier molecular flexibility index (Phi) is 10.0. The van der Waals surface area contributed by atoms with Gasteiger partial charge in [-0.15, -0.1) is 0 Å². The normalized spacial score (nSPS) is 14.3. The first kappa shape index (κ1) is 27.5. The summed E-state index contributed by atoms with van der Waals surface area (Å²) in [6.45, 7) is 4.84. The molecule has 4 rings (SSSR count). The number of carbonyl (C=O) groups excluding carboxylic acids is 1. The minimum atomic E-state index is -0.387. The number of piperidine rings is 1. The largest absolute Gasteiger partial charge is 0.493 e. The van der Waals surface area contributed by atoms with Crippen LogP contribution in [0.2, 0.25) is 0 Å². The highest BCUT2D eigenvalue weighted by Gasteiger charge is 2.23. The van der Waals surface area contributed by atoms with E-state index >= 15 is 0 Å². The Labute approximate surface area is 226 Å². The van der Waals surface area contributed by atoms with E-state index in [1.54, 1.807) is 14.2 Å². The van der Waals surface area contributed by atoms with Crippen LogP contribution in [0.1, 0.15) is 18.4 Å². The summed E-state index contributed by atoms with van der Waals surface area (Å²) in [5.74, 6) is 1.53. The van der Waals surface area contributed by atoms with Crippen molar-refractivity contribution in [2.45, 2.75) is 25.4 Å². The van der Waals surface area contributed by atoms with Gasteiger partial charge in [0.25, 0.3) is 0 Å². The smallest absolute Gasteiger partial charge is 0.411 e. The maximum atomic E-state index is 12.7. The molecule has 1 aliphatic heterocycles. The number of benzene rings is 3. The molecule has 1 N–H and O–H groups in total. The molecule has 7 nitrogen and oxygen atoms in total. The van der Waals surface area contributed by atoms with E-state index in [9.17, 15) is 4.79 Å². The predicted molar refractivity (Wildman–Crippen MR) is 152 cm³/mol. The lowest BCUT2D eigenvalue weighted by molar-refractivity contribution is 0.0566. The highest BCUT2D eigenvalue weighted by atomic mass is 16.6. The van der Waals surface area contributed by atoms with Crippen molar-refractivity contribution in [3.63, 3.8) is 0 Å². The molecule has 0 atom stereocenters. The first-order valence-electron chi connectivity index (χ1n) is 13.3. The Morgan fingerprint density at radius 2 is 1.63 bits per heavy atom. The lowest BCUT2D eigenvalue weighted by Crippen LogP contribution is -2.42. The number of likely N-dealkylation sites (tertiary alicyclic amines) is 1. The van der Waals surface area contributed by atoms with Gasteiger partial charge in [-0.05, 0) is 55.6 Å². The summed E-state index contributed by atoms with van der Waals surface area (Å²) in [6, 6.07) is 24.0. The molecule has 0 bridgehead atoms. The SMILES string of the molecule is COc1ccc(CCN(C)CCN2CCC(OC(=O)Nc3ccccc3-c3ccccc3)CC2)cc1OC. The summed E-state index contributed by atoms with van der Waals surface area (Å²) in [6.07, 6.45) is 2.21. The van der Waals surface area contributed by atoms with Crippen LogP contribution in [-0.4, -0.2) is 76.0 Å². The molecule has 1 saturated heterocycles. The number of carbonyl (C=O) groups is 1. The van der Waals surface area contributed by atoms with E-state index in [-0.39, 0.29) is 12.2 Å². The van der Waals surface area contributed by atoms with Gasteiger partial charge < -0.3 is 24.0 Å². The molecule has 1 aliphatic rings. The summed E-state index contributed by atoms with van der Waals surface area (Å²) in [5, 5.41) is 2.95. The average Bonchev–Trinajstić information content (AvgIpc) is 2.96. The summed E-state index contributed by atoms with van der Waals surface area (Å²) >= 11 is 0. The highest BCUT2D eigenvalue weighted by molar-refractivity contribution is 5.91. The van der Waals surface area contributed by atoms with Crippen LogP contribution in [0.3, 0.4) is 0 Å². The standard InChI is InChI=1S/C31H39N3O4/c1-33(18-15-24-13-14-29(36-2)30(23-24)37-3)21-22-34-19-16-26(17-20-34)38-31(35)32-28-12-8-7-11-27(28)25-9-5-4-6-10-25/h4-14,23,26H,15-22H2,1-3H3,(H,32,35). The van der Waals surface area contributed by atoms with Crippen LogP contribution in [0.25, 0.3) is 11.1 Å². The monoisotopic (exact) mass is 517 g/mol. The van der Waals surface area contributed by atoms with Crippen molar-refractivity contribution >= 4 is 11.8 Å². The number of hydrogen-bond acceptors (Lipinski definition) is 6. The van der Waals surface area contributed by atoms with Gasteiger partial charge in [0.05, 0.1) is 19.9 Å². The lowest BCUT2D eigenvalue weighted by Gasteiger charge is -2.32. The molecule has 1 amide bonds. The zero-order chi connectivity index (χ0) is 26.7. The maximum absolute atomic E-state index is 12.7.